The average Bonchev–Trinajstić information content (AvgIpc) is 3.77. The molecule has 25 heteroatoms. The summed E-state index contributed by atoms with van der Waals surface area (Å²) in [6.45, 7) is 9.38. The van der Waals surface area contributed by atoms with E-state index >= 15 is 0 Å². The van der Waals surface area contributed by atoms with E-state index in [1.807, 2.05) is 27.7 Å². The summed E-state index contributed by atoms with van der Waals surface area (Å²) in [4.78, 5) is 142. The van der Waals surface area contributed by atoms with Crippen molar-refractivity contribution in [2.45, 2.75) is 154 Å². The van der Waals surface area contributed by atoms with Gasteiger partial charge >= 0.3 is 11.9 Å². The van der Waals surface area contributed by atoms with Gasteiger partial charge in [-0.15, -0.1) is 0 Å². The summed E-state index contributed by atoms with van der Waals surface area (Å²) in [7, 11) is 0. The number of unbranched alkanes of at least 4 members (excludes halogenated alkanes) is 2. The molecule has 1 saturated heterocycles. The minimum absolute atomic E-state index is 0.0346. The van der Waals surface area contributed by atoms with Crippen molar-refractivity contribution < 1.29 is 63.0 Å². The van der Waals surface area contributed by atoms with Gasteiger partial charge in [-0.25, -0.2) is 4.79 Å². The lowest BCUT2D eigenvalue weighted by Crippen LogP contribution is -2.58. The van der Waals surface area contributed by atoms with Crippen molar-refractivity contribution in [3.8, 4) is 0 Å². The van der Waals surface area contributed by atoms with Crippen LogP contribution >= 0.6 is 0 Å². The summed E-state index contributed by atoms with van der Waals surface area (Å²) in [5.41, 5.74) is 17.1. The van der Waals surface area contributed by atoms with Crippen molar-refractivity contribution in [1.82, 2.24) is 47.4 Å². The van der Waals surface area contributed by atoms with Gasteiger partial charge in [-0.3, -0.25) is 47.9 Å². The van der Waals surface area contributed by atoms with Crippen LogP contribution in [0.15, 0.2) is 0 Å². The molecule has 1 aliphatic rings. The molecular formula is C44H78N12O13. The van der Waals surface area contributed by atoms with Crippen LogP contribution in [-0.2, 0) is 52.7 Å². The number of carbonyl (C=O) groups excluding carboxylic acids is 9. The number of hydrogen-bond donors (Lipinski definition) is 13. The summed E-state index contributed by atoms with van der Waals surface area (Å²) >= 11 is 0. The second-order valence-corrected chi connectivity index (χ2v) is 18.4. The summed E-state index contributed by atoms with van der Waals surface area (Å²) in [5.74, 6) is -10.2. The monoisotopic (exact) mass is 983 g/mol. The summed E-state index contributed by atoms with van der Waals surface area (Å²) in [5, 5.41) is 38.5. The molecule has 25 nitrogen and oxygen atoms in total. The lowest BCUT2D eigenvalue weighted by Gasteiger charge is -2.28. The van der Waals surface area contributed by atoms with E-state index in [1.54, 1.807) is 13.8 Å². The van der Waals surface area contributed by atoms with Gasteiger partial charge in [0.15, 0.2) is 0 Å². The first-order valence-corrected chi connectivity index (χ1v) is 23.6. The van der Waals surface area contributed by atoms with Crippen molar-refractivity contribution in [2.75, 3.05) is 39.3 Å². The molecule has 0 aromatic rings. The van der Waals surface area contributed by atoms with Gasteiger partial charge in [0.1, 0.15) is 36.3 Å². The van der Waals surface area contributed by atoms with Crippen LogP contribution in [0.1, 0.15) is 112 Å². The number of nitrogens with two attached hydrogens (primary N) is 3. The van der Waals surface area contributed by atoms with E-state index in [4.69, 9.17) is 17.2 Å². The van der Waals surface area contributed by atoms with Gasteiger partial charge in [0.25, 0.3) is 0 Å². The molecule has 1 fully saturated rings. The van der Waals surface area contributed by atoms with Crippen molar-refractivity contribution in [3.05, 3.63) is 0 Å². The van der Waals surface area contributed by atoms with Gasteiger partial charge in [0.2, 0.25) is 53.2 Å². The summed E-state index contributed by atoms with van der Waals surface area (Å²) in [6.07, 6.45) is 3.01. The zero-order valence-corrected chi connectivity index (χ0v) is 40.9. The fourth-order valence-electron chi connectivity index (χ4n) is 7.28. The predicted octanol–water partition coefficient (Wildman–Crippen LogP) is -3.36. The highest BCUT2D eigenvalue weighted by Gasteiger charge is 2.37. The molecule has 0 unspecified atom stereocenters. The van der Waals surface area contributed by atoms with Crippen LogP contribution < -0.4 is 59.7 Å². The van der Waals surface area contributed by atoms with Crippen LogP contribution in [-0.4, -0.2) is 162 Å². The lowest BCUT2D eigenvalue weighted by molar-refractivity contribution is -0.143. The van der Waals surface area contributed by atoms with E-state index in [9.17, 15) is 63.0 Å². The van der Waals surface area contributed by atoms with E-state index in [-0.39, 0.29) is 44.1 Å². The smallest absolute Gasteiger partial charge is 0.326 e. The number of rotatable bonds is 33. The van der Waals surface area contributed by atoms with Crippen LogP contribution in [0.25, 0.3) is 0 Å². The second kappa shape index (κ2) is 32.0. The van der Waals surface area contributed by atoms with Gasteiger partial charge in [0, 0.05) is 6.54 Å². The first-order chi connectivity index (χ1) is 32.4. The molecule has 0 saturated carbocycles. The van der Waals surface area contributed by atoms with Gasteiger partial charge in [-0.2, -0.15) is 0 Å². The minimum Gasteiger partial charge on any atom is -0.481 e. The molecule has 1 heterocycles. The number of hydrogen-bond acceptors (Lipinski definition) is 14. The van der Waals surface area contributed by atoms with Gasteiger partial charge in [-0.1, -0.05) is 48.0 Å². The van der Waals surface area contributed by atoms with Crippen molar-refractivity contribution in [2.24, 2.45) is 35.0 Å². The fraction of sp³-hybridized carbons (Fsp3) is 0.750. The molecule has 1 aliphatic heterocycles. The highest BCUT2D eigenvalue weighted by Crippen LogP contribution is 2.19. The zero-order valence-electron chi connectivity index (χ0n) is 40.9. The highest BCUT2D eigenvalue weighted by molar-refractivity contribution is 5.97. The Morgan fingerprint density at radius 3 is 1.70 bits per heavy atom. The standard InChI is InChI=1S/C44H78N12O13/c1-24(2)18-29(41(65)54-31(44(68)69)19-25(3)4)53-42(66)32-14-11-17-56(32)35(59)23-48-33(57)21-49-39(63)30(20-36(60)61)51-34(58)22-50-43(67)37(26(5)6)55-40(64)28(13-8-10-16-46)52-38(62)27(47)12-7-9-15-45/h24-32,37H,7-23,45-47H2,1-6H3,(H,48,57)(H,49,63)(H,50,67)(H,51,58)(H,52,62)(H,53,66)(H,54,65)(H,55,64)(H,60,61)(H,68,69)/t27-,28-,29-,30-,31-,32-,37-/m0/s1. The first-order valence-electron chi connectivity index (χ1n) is 23.6. The maximum absolute atomic E-state index is 13.4. The predicted molar refractivity (Wildman–Crippen MR) is 251 cm³/mol. The largest absolute Gasteiger partial charge is 0.481 e. The Morgan fingerprint density at radius 2 is 1.13 bits per heavy atom. The van der Waals surface area contributed by atoms with Crippen LogP contribution in [0, 0.1) is 17.8 Å². The Hall–Kier alpha value is -5.95. The number of likely N-dealkylation sites (tertiary alicyclic amines) is 1. The van der Waals surface area contributed by atoms with Gasteiger partial charge in [0.05, 0.1) is 32.1 Å². The Balaban J connectivity index is 2.85. The third kappa shape index (κ3) is 23.8. The number of carboxylic acid groups (broad SMARTS) is 2. The van der Waals surface area contributed by atoms with Crippen LogP contribution in [0.4, 0.5) is 0 Å². The number of aliphatic carboxylic acids is 2. The van der Waals surface area contributed by atoms with E-state index < -0.39 is 139 Å². The van der Waals surface area contributed by atoms with E-state index in [0.717, 1.165) is 0 Å². The number of amides is 9. The minimum atomic E-state index is -1.71. The Labute approximate surface area is 403 Å². The number of nitrogens with one attached hydrogen (secondary N) is 8. The van der Waals surface area contributed by atoms with Crippen LogP contribution in [0.5, 0.6) is 0 Å². The molecular weight excluding hydrogens is 905 g/mol. The second-order valence-electron chi connectivity index (χ2n) is 18.4. The number of nitrogens with zero attached hydrogens (tertiary/aromatic N) is 1. The third-order valence-electron chi connectivity index (χ3n) is 11.0. The van der Waals surface area contributed by atoms with Gasteiger partial charge in [-0.05, 0) is 88.6 Å². The molecule has 0 aliphatic carbocycles. The molecule has 0 radical (unpaired) electrons. The molecule has 16 N–H and O–H groups in total. The maximum Gasteiger partial charge on any atom is 0.326 e. The maximum atomic E-state index is 13.4. The third-order valence-corrected chi connectivity index (χ3v) is 11.0. The number of carbonyl (C=O) groups is 11. The molecule has 0 spiro atoms. The molecule has 9 amide bonds. The highest BCUT2D eigenvalue weighted by atomic mass is 16.4. The summed E-state index contributed by atoms with van der Waals surface area (Å²) < 4.78 is 0. The number of carboxylic acids is 2. The van der Waals surface area contributed by atoms with Crippen molar-refractivity contribution in [3.63, 3.8) is 0 Å². The van der Waals surface area contributed by atoms with E-state index in [0.29, 0.717) is 51.6 Å². The quantitative estimate of drug-likeness (QED) is 0.0286. The van der Waals surface area contributed by atoms with Crippen molar-refractivity contribution in [1.29, 1.82) is 0 Å². The fourth-order valence-corrected chi connectivity index (χ4v) is 7.28. The molecule has 69 heavy (non-hydrogen) atoms. The zero-order chi connectivity index (χ0) is 52.4. The molecule has 0 aromatic carbocycles. The Bertz CT molecular complexity index is 1760. The van der Waals surface area contributed by atoms with E-state index in [2.05, 4.69) is 42.5 Å². The van der Waals surface area contributed by atoms with Crippen molar-refractivity contribution >= 4 is 65.1 Å². The first kappa shape index (κ1) is 61.1. The van der Waals surface area contributed by atoms with Crippen LogP contribution in [0.2, 0.25) is 0 Å². The Morgan fingerprint density at radius 1 is 0.580 bits per heavy atom. The topological polar surface area (TPSA) is 406 Å². The molecule has 0 bridgehead atoms. The Kier molecular flexibility index (Phi) is 28.3. The SMILES string of the molecule is CC(C)C[C@H](NC(=O)[C@H](CC(C)C)NC(=O)[C@@H]1CCCN1C(=O)CNC(=O)CNC(=O)[C@H](CC(=O)O)NC(=O)CNC(=O)[C@@H](NC(=O)[C@H](CCCCN)NC(=O)[C@@H](N)CCCCN)C(C)C)C(=O)O. The van der Waals surface area contributed by atoms with E-state index in [1.165, 1.54) is 4.90 Å². The molecule has 0 aromatic heterocycles. The van der Waals surface area contributed by atoms with Gasteiger partial charge < -0.3 is 74.8 Å². The summed E-state index contributed by atoms with van der Waals surface area (Å²) in [6, 6.07) is -8.09. The normalized spacial score (nSPS) is 16.0. The molecule has 7 atom stereocenters. The lowest BCUT2D eigenvalue weighted by atomic mass is 10.00. The average molecular weight is 983 g/mol. The molecule has 1 rings (SSSR count). The van der Waals surface area contributed by atoms with Crippen LogP contribution in [0.3, 0.4) is 0 Å². The molecule has 392 valence electrons.